The van der Waals surface area contributed by atoms with Crippen LogP contribution in [0.3, 0.4) is 0 Å². The van der Waals surface area contributed by atoms with Crippen LogP contribution in [-0.2, 0) is 10.0 Å². The fourth-order valence-electron chi connectivity index (χ4n) is 1.85. The number of hydrogen-bond donors (Lipinski definition) is 1. The smallest absolute Gasteiger partial charge is 0.234 e. The summed E-state index contributed by atoms with van der Waals surface area (Å²) in [5.41, 5.74) is 1.90. The molecule has 0 bridgehead atoms. The summed E-state index contributed by atoms with van der Waals surface area (Å²) >= 11 is 0. The van der Waals surface area contributed by atoms with Crippen molar-refractivity contribution in [3.8, 4) is 0 Å². The van der Waals surface area contributed by atoms with Crippen molar-refractivity contribution in [3.63, 3.8) is 0 Å². The van der Waals surface area contributed by atoms with E-state index in [4.69, 9.17) is 0 Å². The highest BCUT2D eigenvalue weighted by atomic mass is 32.2. The van der Waals surface area contributed by atoms with Gasteiger partial charge >= 0.3 is 0 Å². The van der Waals surface area contributed by atoms with Crippen LogP contribution < -0.4 is 9.62 Å². The molecule has 1 aliphatic rings. The Labute approximate surface area is 114 Å². The van der Waals surface area contributed by atoms with Gasteiger partial charge in [0.2, 0.25) is 10.0 Å². The Hall–Kier alpha value is -1.56. The van der Waals surface area contributed by atoms with Crippen LogP contribution in [0.5, 0.6) is 0 Å². The number of sulfonamides is 1. The van der Waals surface area contributed by atoms with Crippen LogP contribution in [0.2, 0.25) is 0 Å². The molecule has 104 valence electrons. The molecule has 0 amide bonds. The summed E-state index contributed by atoms with van der Waals surface area (Å²) in [5.74, 6) is 0. The third-order valence-electron chi connectivity index (χ3n) is 3.13. The summed E-state index contributed by atoms with van der Waals surface area (Å²) in [6.07, 6.45) is 6.16. The van der Waals surface area contributed by atoms with Gasteiger partial charge in [-0.25, -0.2) is 8.42 Å². The lowest BCUT2D eigenvalue weighted by Gasteiger charge is -2.28. The third-order valence-corrected chi connectivity index (χ3v) is 4.92. The van der Waals surface area contributed by atoms with Crippen molar-refractivity contribution in [2.24, 2.45) is 0 Å². The monoisotopic (exact) mass is 281 g/mol. The number of aromatic nitrogens is 1. The van der Waals surface area contributed by atoms with Crippen molar-refractivity contribution in [1.82, 2.24) is 9.71 Å². The van der Waals surface area contributed by atoms with Gasteiger partial charge in [-0.15, -0.1) is 0 Å². The zero-order valence-electron chi connectivity index (χ0n) is 11.2. The minimum Gasteiger partial charge on any atom is -0.367 e. The third kappa shape index (κ3) is 3.47. The maximum atomic E-state index is 11.8. The fourth-order valence-corrected chi connectivity index (χ4v) is 2.64. The number of nitrogens with one attached hydrogen (secondary N) is 1. The Kier molecular flexibility index (Phi) is 4.09. The number of rotatable bonds is 4. The predicted molar refractivity (Wildman–Crippen MR) is 76.3 cm³/mol. The second-order valence-electron chi connectivity index (χ2n) is 4.83. The highest BCUT2D eigenvalue weighted by Crippen LogP contribution is 2.18. The average molecular weight is 281 g/mol. The first kappa shape index (κ1) is 13.9. The predicted octanol–water partition coefficient (Wildman–Crippen LogP) is 1.50. The molecular weight excluding hydrogens is 262 g/mol. The maximum Gasteiger partial charge on any atom is 0.234 e. The summed E-state index contributed by atoms with van der Waals surface area (Å²) in [7, 11) is -3.23. The largest absolute Gasteiger partial charge is 0.367 e. The van der Waals surface area contributed by atoms with E-state index < -0.39 is 15.3 Å². The van der Waals surface area contributed by atoms with Crippen molar-refractivity contribution in [3.05, 3.63) is 36.3 Å². The minimum atomic E-state index is -3.23. The lowest BCUT2D eigenvalue weighted by molar-refractivity contribution is 0.576. The number of nitrogens with zero attached hydrogens (tertiary/aromatic N) is 2. The molecule has 0 saturated carbocycles. The van der Waals surface area contributed by atoms with Gasteiger partial charge in [-0.2, -0.15) is 0 Å². The van der Waals surface area contributed by atoms with Gasteiger partial charge in [0.1, 0.15) is 0 Å². The van der Waals surface area contributed by atoms with Crippen LogP contribution in [0.15, 0.2) is 36.3 Å². The van der Waals surface area contributed by atoms with Gasteiger partial charge < -0.3 is 4.90 Å². The standard InChI is InChI=1S/C13H19N3O2S/c1-11(2)19(17,18)15-12-5-9-16(10-6-12)13-3-7-14-8-4-13/h3-5,7-8,11,15H,6,9-10H2,1-2H3. The van der Waals surface area contributed by atoms with Crippen molar-refractivity contribution >= 4 is 15.7 Å². The van der Waals surface area contributed by atoms with Gasteiger partial charge in [0.25, 0.3) is 0 Å². The Morgan fingerprint density at radius 3 is 2.53 bits per heavy atom. The molecule has 19 heavy (non-hydrogen) atoms. The molecule has 0 radical (unpaired) electrons. The lowest BCUT2D eigenvalue weighted by atomic mass is 10.2. The molecule has 1 aromatic rings. The van der Waals surface area contributed by atoms with E-state index in [-0.39, 0.29) is 0 Å². The summed E-state index contributed by atoms with van der Waals surface area (Å²) in [5, 5.41) is -0.411. The molecular formula is C13H19N3O2S. The molecule has 2 heterocycles. The first-order chi connectivity index (χ1) is 8.99. The summed E-state index contributed by atoms with van der Waals surface area (Å²) < 4.78 is 26.2. The topological polar surface area (TPSA) is 62.3 Å². The molecule has 0 spiro atoms. The highest BCUT2D eigenvalue weighted by molar-refractivity contribution is 7.90. The molecule has 0 unspecified atom stereocenters. The van der Waals surface area contributed by atoms with Crippen molar-refractivity contribution < 1.29 is 8.42 Å². The lowest BCUT2D eigenvalue weighted by Crippen LogP contribution is -2.36. The van der Waals surface area contributed by atoms with E-state index >= 15 is 0 Å². The van der Waals surface area contributed by atoms with Crippen molar-refractivity contribution in [2.45, 2.75) is 25.5 Å². The molecule has 2 rings (SSSR count). The normalized spacial score (nSPS) is 16.4. The summed E-state index contributed by atoms with van der Waals surface area (Å²) in [6.45, 7) is 4.86. The highest BCUT2D eigenvalue weighted by Gasteiger charge is 2.19. The SMILES string of the molecule is CC(C)S(=O)(=O)NC1=CCN(c2ccncc2)CC1. The van der Waals surface area contributed by atoms with E-state index in [1.807, 2.05) is 18.2 Å². The van der Waals surface area contributed by atoms with E-state index in [0.717, 1.165) is 17.9 Å². The second-order valence-corrected chi connectivity index (χ2v) is 7.06. The molecule has 5 nitrogen and oxygen atoms in total. The van der Waals surface area contributed by atoms with Gasteiger partial charge in [-0.1, -0.05) is 0 Å². The van der Waals surface area contributed by atoms with E-state index in [2.05, 4.69) is 14.6 Å². The molecule has 0 fully saturated rings. The zero-order chi connectivity index (χ0) is 13.9. The number of anilines is 1. The van der Waals surface area contributed by atoms with E-state index in [1.54, 1.807) is 26.2 Å². The van der Waals surface area contributed by atoms with Crippen LogP contribution in [0, 0.1) is 0 Å². The Balaban J connectivity index is 2.01. The van der Waals surface area contributed by atoms with Gasteiger partial charge in [0.15, 0.2) is 0 Å². The minimum absolute atomic E-state index is 0.411. The second kappa shape index (κ2) is 5.61. The van der Waals surface area contributed by atoms with Crippen LogP contribution in [0.4, 0.5) is 5.69 Å². The first-order valence-electron chi connectivity index (χ1n) is 6.34. The summed E-state index contributed by atoms with van der Waals surface area (Å²) in [4.78, 5) is 6.18. The van der Waals surface area contributed by atoms with Crippen LogP contribution in [0.25, 0.3) is 0 Å². The Morgan fingerprint density at radius 1 is 1.32 bits per heavy atom. The number of hydrogen-bond acceptors (Lipinski definition) is 4. The van der Waals surface area contributed by atoms with Gasteiger partial charge in [0, 0.05) is 43.3 Å². The van der Waals surface area contributed by atoms with E-state index in [9.17, 15) is 8.42 Å². The zero-order valence-corrected chi connectivity index (χ0v) is 12.0. The molecule has 0 atom stereocenters. The van der Waals surface area contributed by atoms with E-state index in [1.165, 1.54) is 0 Å². The molecule has 0 aliphatic carbocycles. The van der Waals surface area contributed by atoms with Crippen molar-refractivity contribution in [1.29, 1.82) is 0 Å². The Morgan fingerprint density at radius 2 is 2.00 bits per heavy atom. The van der Waals surface area contributed by atoms with Gasteiger partial charge in [-0.05, 0) is 32.1 Å². The van der Waals surface area contributed by atoms with Crippen LogP contribution >= 0.6 is 0 Å². The van der Waals surface area contributed by atoms with Gasteiger partial charge in [-0.3, -0.25) is 9.71 Å². The molecule has 1 N–H and O–H groups in total. The molecule has 1 aliphatic heterocycles. The first-order valence-corrected chi connectivity index (χ1v) is 7.89. The van der Waals surface area contributed by atoms with E-state index in [0.29, 0.717) is 13.0 Å². The fraction of sp³-hybridized carbons (Fsp3) is 0.462. The molecule has 1 aromatic heterocycles. The van der Waals surface area contributed by atoms with Crippen LogP contribution in [0.1, 0.15) is 20.3 Å². The maximum absolute atomic E-state index is 11.8. The van der Waals surface area contributed by atoms with Crippen LogP contribution in [-0.4, -0.2) is 31.7 Å². The molecule has 6 heteroatoms. The quantitative estimate of drug-likeness (QED) is 0.908. The number of pyridine rings is 1. The average Bonchev–Trinajstić information content (AvgIpc) is 2.40. The molecule has 0 aromatic carbocycles. The molecule has 0 saturated heterocycles. The van der Waals surface area contributed by atoms with Crippen molar-refractivity contribution in [2.75, 3.05) is 18.0 Å². The Bertz CT molecular complexity index is 553. The van der Waals surface area contributed by atoms with Gasteiger partial charge in [0.05, 0.1) is 5.25 Å². The summed E-state index contributed by atoms with van der Waals surface area (Å²) in [6, 6.07) is 3.91.